The van der Waals surface area contributed by atoms with Gasteiger partial charge in [0.1, 0.15) is 11.5 Å². The van der Waals surface area contributed by atoms with E-state index >= 15 is 0 Å². The number of halogens is 1. The smallest absolute Gasteiger partial charge is 0.172 e. The fourth-order valence-corrected chi connectivity index (χ4v) is 2.49. The first kappa shape index (κ1) is 14.1. The zero-order chi connectivity index (χ0) is 15.7. The monoisotopic (exact) mass is 295 g/mol. The molecule has 3 aromatic rings. The topological polar surface area (TPSA) is 47.8 Å². The molecule has 0 bridgehead atoms. The van der Waals surface area contributed by atoms with Gasteiger partial charge in [-0.25, -0.2) is 9.07 Å². The second kappa shape index (κ2) is 5.52. The highest BCUT2D eigenvalue weighted by atomic mass is 19.1. The number of rotatable bonds is 3. The number of carbonyl (C=O) groups excluding carboxylic acids is 1. The standard InChI is InChI=1S/C17H14FN3O/c1-11-7-8-16(12(2)9-11)21-17(15(10-22)19-20-21)13-5-3-4-6-14(13)18/h3-10H,1-2H3. The van der Waals surface area contributed by atoms with Crippen LogP contribution in [-0.2, 0) is 0 Å². The largest absolute Gasteiger partial charge is 0.296 e. The van der Waals surface area contributed by atoms with Crippen molar-refractivity contribution in [1.82, 2.24) is 15.0 Å². The molecule has 4 nitrogen and oxygen atoms in total. The van der Waals surface area contributed by atoms with E-state index in [-0.39, 0.29) is 5.69 Å². The van der Waals surface area contributed by atoms with Gasteiger partial charge in [-0.3, -0.25) is 4.79 Å². The van der Waals surface area contributed by atoms with Crippen LogP contribution >= 0.6 is 0 Å². The molecule has 0 saturated heterocycles. The highest BCUT2D eigenvalue weighted by Gasteiger charge is 2.19. The third kappa shape index (κ3) is 2.30. The number of aryl methyl sites for hydroxylation is 2. The molecule has 0 saturated carbocycles. The third-order valence-electron chi connectivity index (χ3n) is 3.52. The van der Waals surface area contributed by atoms with Crippen LogP contribution in [0.15, 0.2) is 42.5 Å². The summed E-state index contributed by atoms with van der Waals surface area (Å²) in [5, 5.41) is 7.90. The Balaban J connectivity index is 2.29. The predicted molar refractivity (Wildman–Crippen MR) is 81.6 cm³/mol. The quantitative estimate of drug-likeness (QED) is 0.695. The van der Waals surface area contributed by atoms with Crippen molar-refractivity contribution < 1.29 is 9.18 Å². The Morgan fingerprint density at radius 3 is 2.59 bits per heavy atom. The summed E-state index contributed by atoms with van der Waals surface area (Å²) in [6, 6.07) is 12.1. The maximum Gasteiger partial charge on any atom is 0.172 e. The van der Waals surface area contributed by atoms with Gasteiger partial charge in [0.2, 0.25) is 0 Å². The average Bonchev–Trinajstić information content (AvgIpc) is 2.91. The van der Waals surface area contributed by atoms with Crippen molar-refractivity contribution in [3.05, 3.63) is 65.1 Å². The zero-order valence-corrected chi connectivity index (χ0v) is 12.2. The lowest BCUT2D eigenvalue weighted by Gasteiger charge is -2.11. The van der Waals surface area contributed by atoms with Crippen LogP contribution in [0.1, 0.15) is 21.6 Å². The van der Waals surface area contributed by atoms with E-state index < -0.39 is 5.82 Å². The summed E-state index contributed by atoms with van der Waals surface area (Å²) < 4.78 is 15.7. The molecular formula is C17H14FN3O. The Morgan fingerprint density at radius 2 is 1.91 bits per heavy atom. The van der Waals surface area contributed by atoms with E-state index in [9.17, 15) is 9.18 Å². The molecule has 3 rings (SSSR count). The molecule has 0 amide bonds. The second-order valence-corrected chi connectivity index (χ2v) is 5.12. The minimum Gasteiger partial charge on any atom is -0.296 e. The first-order valence-corrected chi connectivity index (χ1v) is 6.85. The molecule has 0 atom stereocenters. The van der Waals surface area contributed by atoms with Crippen LogP contribution in [0.4, 0.5) is 4.39 Å². The molecule has 0 aliphatic heterocycles. The van der Waals surface area contributed by atoms with Crippen molar-refractivity contribution in [2.45, 2.75) is 13.8 Å². The van der Waals surface area contributed by atoms with Gasteiger partial charge in [0.25, 0.3) is 0 Å². The number of aldehydes is 1. The third-order valence-corrected chi connectivity index (χ3v) is 3.52. The van der Waals surface area contributed by atoms with Gasteiger partial charge in [-0.2, -0.15) is 0 Å². The van der Waals surface area contributed by atoms with Gasteiger partial charge in [-0.1, -0.05) is 35.0 Å². The first-order valence-electron chi connectivity index (χ1n) is 6.85. The number of nitrogens with zero attached hydrogens (tertiary/aromatic N) is 3. The molecule has 1 aromatic heterocycles. The van der Waals surface area contributed by atoms with E-state index in [4.69, 9.17) is 0 Å². The number of hydrogen-bond acceptors (Lipinski definition) is 3. The molecule has 2 aromatic carbocycles. The molecule has 110 valence electrons. The van der Waals surface area contributed by atoms with Crippen LogP contribution in [-0.4, -0.2) is 21.3 Å². The summed E-state index contributed by atoms with van der Waals surface area (Å²) in [7, 11) is 0. The predicted octanol–water partition coefficient (Wildman–Crippen LogP) is 3.50. The van der Waals surface area contributed by atoms with Gasteiger partial charge in [0.05, 0.1) is 5.69 Å². The molecule has 1 heterocycles. The summed E-state index contributed by atoms with van der Waals surface area (Å²) in [5.74, 6) is -0.418. The molecule has 0 N–H and O–H groups in total. The zero-order valence-electron chi connectivity index (χ0n) is 12.2. The van der Waals surface area contributed by atoms with Gasteiger partial charge in [-0.05, 0) is 37.6 Å². The fraction of sp³-hybridized carbons (Fsp3) is 0.118. The number of aromatic nitrogens is 3. The van der Waals surface area contributed by atoms with Crippen LogP contribution in [0.2, 0.25) is 0 Å². The maximum absolute atomic E-state index is 14.1. The highest BCUT2D eigenvalue weighted by molar-refractivity contribution is 5.84. The number of hydrogen-bond donors (Lipinski definition) is 0. The Morgan fingerprint density at radius 1 is 1.14 bits per heavy atom. The first-order chi connectivity index (χ1) is 10.6. The SMILES string of the molecule is Cc1ccc(-n2nnc(C=O)c2-c2ccccc2F)c(C)c1. The Bertz CT molecular complexity index is 855. The number of carbonyl (C=O) groups is 1. The molecule has 0 spiro atoms. The van der Waals surface area contributed by atoms with E-state index in [0.29, 0.717) is 17.5 Å². The molecule has 0 fully saturated rings. The van der Waals surface area contributed by atoms with Crippen molar-refractivity contribution in [3.8, 4) is 16.9 Å². The van der Waals surface area contributed by atoms with Crippen molar-refractivity contribution >= 4 is 6.29 Å². The van der Waals surface area contributed by atoms with Gasteiger partial charge >= 0.3 is 0 Å². The van der Waals surface area contributed by atoms with Crippen LogP contribution in [0.5, 0.6) is 0 Å². The molecule has 5 heteroatoms. The van der Waals surface area contributed by atoms with Crippen LogP contribution in [0.25, 0.3) is 16.9 Å². The fourth-order valence-electron chi connectivity index (χ4n) is 2.49. The molecule has 0 unspecified atom stereocenters. The average molecular weight is 295 g/mol. The highest BCUT2D eigenvalue weighted by Crippen LogP contribution is 2.28. The van der Waals surface area contributed by atoms with Crippen LogP contribution in [0.3, 0.4) is 0 Å². The van der Waals surface area contributed by atoms with E-state index in [2.05, 4.69) is 10.3 Å². The van der Waals surface area contributed by atoms with E-state index in [1.807, 2.05) is 32.0 Å². The van der Waals surface area contributed by atoms with Gasteiger partial charge in [0.15, 0.2) is 12.0 Å². The Labute approximate surface area is 127 Å². The molecular weight excluding hydrogens is 281 g/mol. The summed E-state index contributed by atoms with van der Waals surface area (Å²) in [6.07, 6.45) is 0.592. The molecule has 0 aliphatic carbocycles. The maximum atomic E-state index is 14.1. The summed E-state index contributed by atoms with van der Waals surface area (Å²) in [5.41, 5.74) is 3.63. The number of benzene rings is 2. The minimum absolute atomic E-state index is 0.116. The lowest BCUT2D eigenvalue weighted by molar-refractivity contribution is 0.111. The van der Waals surface area contributed by atoms with Crippen molar-refractivity contribution in [2.24, 2.45) is 0 Å². The Hall–Kier alpha value is -2.82. The van der Waals surface area contributed by atoms with Gasteiger partial charge < -0.3 is 0 Å². The van der Waals surface area contributed by atoms with Crippen LogP contribution < -0.4 is 0 Å². The van der Waals surface area contributed by atoms with Crippen molar-refractivity contribution in [2.75, 3.05) is 0 Å². The van der Waals surface area contributed by atoms with E-state index in [0.717, 1.165) is 16.8 Å². The van der Waals surface area contributed by atoms with Crippen molar-refractivity contribution in [3.63, 3.8) is 0 Å². The summed E-state index contributed by atoms with van der Waals surface area (Å²) in [4.78, 5) is 11.3. The lowest BCUT2D eigenvalue weighted by atomic mass is 10.1. The van der Waals surface area contributed by atoms with E-state index in [1.54, 1.807) is 18.2 Å². The molecule has 0 radical (unpaired) electrons. The second-order valence-electron chi connectivity index (χ2n) is 5.12. The summed E-state index contributed by atoms with van der Waals surface area (Å²) in [6.45, 7) is 3.93. The Kier molecular flexibility index (Phi) is 3.55. The van der Waals surface area contributed by atoms with Gasteiger partial charge in [0, 0.05) is 5.56 Å². The van der Waals surface area contributed by atoms with E-state index in [1.165, 1.54) is 10.7 Å². The normalized spacial score (nSPS) is 10.7. The van der Waals surface area contributed by atoms with Crippen LogP contribution in [0, 0.1) is 19.7 Å². The minimum atomic E-state index is -0.418. The molecule has 22 heavy (non-hydrogen) atoms. The van der Waals surface area contributed by atoms with Gasteiger partial charge in [-0.15, -0.1) is 5.10 Å². The summed E-state index contributed by atoms with van der Waals surface area (Å²) >= 11 is 0. The van der Waals surface area contributed by atoms with Crippen molar-refractivity contribution in [1.29, 1.82) is 0 Å². The molecule has 0 aliphatic rings. The lowest BCUT2D eigenvalue weighted by Crippen LogP contribution is -2.03.